The highest BCUT2D eigenvalue weighted by molar-refractivity contribution is 6.05. The van der Waals surface area contributed by atoms with E-state index in [1.165, 1.54) is 19.4 Å². The van der Waals surface area contributed by atoms with Gasteiger partial charge in [0.1, 0.15) is 0 Å². The van der Waals surface area contributed by atoms with Gasteiger partial charge in [0.05, 0.1) is 24.1 Å². The van der Waals surface area contributed by atoms with Gasteiger partial charge in [0.25, 0.3) is 11.8 Å². The number of anilines is 1. The molecule has 8 nitrogen and oxygen atoms in total. The van der Waals surface area contributed by atoms with E-state index < -0.39 is 17.4 Å². The Morgan fingerprint density at radius 3 is 2.52 bits per heavy atom. The topological polar surface area (TPSA) is 118 Å². The minimum Gasteiger partial charge on any atom is -0.481 e. The van der Waals surface area contributed by atoms with Gasteiger partial charge in [-0.1, -0.05) is 6.07 Å². The van der Waals surface area contributed by atoms with E-state index in [0.29, 0.717) is 11.3 Å². The Balaban J connectivity index is 2.12. The van der Waals surface area contributed by atoms with Gasteiger partial charge in [-0.15, -0.1) is 0 Å². The van der Waals surface area contributed by atoms with E-state index in [-0.39, 0.29) is 24.5 Å². The second-order valence-corrected chi connectivity index (χ2v) is 6.29. The number of carboxylic acids is 1. The number of amides is 2. The Morgan fingerprint density at radius 2 is 1.89 bits per heavy atom. The molecule has 0 radical (unpaired) electrons. The maximum Gasteiger partial charge on any atom is 0.305 e. The molecule has 1 atom stereocenters. The average Bonchev–Trinajstić information content (AvgIpc) is 2.62. The molecule has 0 spiro atoms. The molecule has 2 aromatic rings. The van der Waals surface area contributed by atoms with Gasteiger partial charge in [-0.05, 0) is 37.3 Å². The standard InChI is InChI=1S/C19H21N3O5/c1-19(12-27-2,10-16(23)24)22-18(26)13-5-3-7-15(9-13)21-17(25)14-6-4-8-20-11-14/h3-9,11H,10,12H2,1-2H3,(H,21,25)(H,22,26)(H,23,24). The van der Waals surface area contributed by atoms with Gasteiger partial charge in [-0.2, -0.15) is 0 Å². The van der Waals surface area contributed by atoms with E-state index in [9.17, 15) is 14.4 Å². The fraction of sp³-hybridized carbons (Fsp3) is 0.263. The Bertz CT molecular complexity index is 825. The first-order valence-electron chi connectivity index (χ1n) is 8.18. The monoisotopic (exact) mass is 371 g/mol. The molecule has 3 N–H and O–H groups in total. The molecule has 1 unspecified atom stereocenters. The van der Waals surface area contributed by atoms with Crippen molar-refractivity contribution in [1.82, 2.24) is 10.3 Å². The van der Waals surface area contributed by atoms with Crippen molar-refractivity contribution in [3.05, 3.63) is 59.9 Å². The summed E-state index contributed by atoms with van der Waals surface area (Å²) in [5.41, 5.74) is 0.0449. The molecule has 2 amide bonds. The molecule has 0 saturated carbocycles. The lowest BCUT2D eigenvalue weighted by molar-refractivity contribution is -0.139. The number of hydrogen-bond acceptors (Lipinski definition) is 5. The third kappa shape index (κ3) is 5.89. The molecule has 1 aromatic heterocycles. The van der Waals surface area contributed by atoms with Crippen LogP contribution in [0.4, 0.5) is 5.69 Å². The number of nitrogens with zero attached hydrogens (tertiary/aromatic N) is 1. The summed E-state index contributed by atoms with van der Waals surface area (Å²) in [6.45, 7) is 1.64. The van der Waals surface area contributed by atoms with Crippen molar-refractivity contribution in [1.29, 1.82) is 0 Å². The predicted molar refractivity (Wildman–Crippen MR) is 98.6 cm³/mol. The Kier molecular flexibility index (Phi) is 6.62. The zero-order valence-electron chi connectivity index (χ0n) is 15.1. The predicted octanol–water partition coefficient (Wildman–Crippen LogP) is 1.94. The lowest BCUT2D eigenvalue weighted by Crippen LogP contribution is -2.50. The molecule has 0 bridgehead atoms. The van der Waals surface area contributed by atoms with E-state index in [4.69, 9.17) is 9.84 Å². The van der Waals surface area contributed by atoms with Crippen molar-refractivity contribution in [2.24, 2.45) is 0 Å². The second-order valence-electron chi connectivity index (χ2n) is 6.29. The van der Waals surface area contributed by atoms with Crippen LogP contribution in [0.25, 0.3) is 0 Å². The summed E-state index contributed by atoms with van der Waals surface area (Å²) >= 11 is 0. The molecule has 0 saturated heterocycles. The van der Waals surface area contributed by atoms with Crippen LogP contribution in [0.2, 0.25) is 0 Å². The first kappa shape index (κ1) is 20.1. The molecule has 1 aromatic carbocycles. The number of ether oxygens (including phenoxy) is 1. The highest BCUT2D eigenvalue weighted by Gasteiger charge is 2.30. The van der Waals surface area contributed by atoms with Gasteiger partial charge in [-0.25, -0.2) is 0 Å². The van der Waals surface area contributed by atoms with Crippen LogP contribution in [0.3, 0.4) is 0 Å². The Labute approximate surface area is 156 Å². The van der Waals surface area contributed by atoms with Crippen LogP contribution in [0.5, 0.6) is 0 Å². The molecule has 0 fully saturated rings. The van der Waals surface area contributed by atoms with Crippen molar-refractivity contribution in [2.45, 2.75) is 18.9 Å². The highest BCUT2D eigenvalue weighted by atomic mass is 16.5. The maximum atomic E-state index is 12.5. The summed E-state index contributed by atoms with van der Waals surface area (Å²) < 4.78 is 5.03. The van der Waals surface area contributed by atoms with Crippen LogP contribution in [-0.4, -0.2) is 47.1 Å². The first-order chi connectivity index (χ1) is 12.8. The van der Waals surface area contributed by atoms with E-state index in [2.05, 4.69) is 15.6 Å². The van der Waals surface area contributed by atoms with Crippen molar-refractivity contribution in [2.75, 3.05) is 19.0 Å². The van der Waals surface area contributed by atoms with Gasteiger partial charge in [-0.3, -0.25) is 19.4 Å². The van der Waals surface area contributed by atoms with Crippen LogP contribution in [0, 0.1) is 0 Å². The van der Waals surface area contributed by atoms with E-state index in [1.54, 1.807) is 43.5 Å². The van der Waals surface area contributed by atoms with E-state index in [1.807, 2.05) is 0 Å². The SMILES string of the molecule is COCC(C)(CC(=O)O)NC(=O)c1cccc(NC(=O)c2cccnc2)c1. The minimum absolute atomic E-state index is 0.0441. The quantitative estimate of drug-likeness (QED) is 0.653. The Hall–Kier alpha value is -3.26. The second kappa shape index (κ2) is 8.91. The molecule has 0 aliphatic carbocycles. The largest absolute Gasteiger partial charge is 0.481 e. The number of carboxylic acid groups (broad SMARTS) is 1. The summed E-state index contributed by atoms with van der Waals surface area (Å²) in [7, 11) is 1.43. The van der Waals surface area contributed by atoms with Gasteiger partial charge < -0.3 is 20.5 Å². The molecule has 0 aliphatic heterocycles. The van der Waals surface area contributed by atoms with Crippen LogP contribution in [0.1, 0.15) is 34.1 Å². The lowest BCUT2D eigenvalue weighted by atomic mass is 9.98. The third-order valence-electron chi connectivity index (χ3n) is 3.73. The molecular formula is C19H21N3O5. The van der Waals surface area contributed by atoms with Crippen molar-refractivity contribution >= 4 is 23.5 Å². The summed E-state index contributed by atoms with van der Waals surface area (Å²) in [6.07, 6.45) is 2.72. The molecule has 1 heterocycles. The summed E-state index contributed by atoms with van der Waals surface area (Å²) in [6, 6.07) is 9.63. The van der Waals surface area contributed by atoms with Crippen molar-refractivity contribution < 1.29 is 24.2 Å². The number of hydrogen-bond donors (Lipinski definition) is 3. The molecule has 2 rings (SSSR count). The lowest BCUT2D eigenvalue weighted by Gasteiger charge is -2.28. The van der Waals surface area contributed by atoms with Crippen LogP contribution in [0.15, 0.2) is 48.8 Å². The van der Waals surface area contributed by atoms with Gasteiger partial charge in [0, 0.05) is 30.8 Å². The number of carbonyl (C=O) groups excluding carboxylic acids is 2. The van der Waals surface area contributed by atoms with Gasteiger partial charge >= 0.3 is 5.97 Å². The first-order valence-corrected chi connectivity index (χ1v) is 8.18. The number of aliphatic carboxylic acids is 1. The summed E-state index contributed by atoms with van der Waals surface area (Å²) in [5, 5.41) is 14.4. The number of pyridine rings is 1. The summed E-state index contributed by atoms with van der Waals surface area (Å²) in [5.74, 6) is -1.86. The smallest absolute Gasteiger partial charge is 0.305 e. The van der Waals surface area contributed by atoms with E-state index in [0.717, 1.165) is 0 Å². The maximum absolute atomic E-state index is 12.5. The van der Waals surface area contributed by atoms with Gasteiger partial charge in [0.15, 0.2) is 0 Å². The number of benzene rings is 1. The average molecular weight is 371 g/mol. The normalized spacial score (nSPS) is 12.7. The summed E-state index contributed by atoms with van der Waals surface area (Å²) in [4.78, 5) is 39.7. The fourth-order valence-corrected chi connectivity index (χ4v) is 2.57. The number of methoxy groups -OCH3 is 1. The van der Waals surface area contributed by atoms with Crippen molar-refractivity contribution in [3.63, 3.8) is 0 Å². The number of rotatable bonds is 8. The zero-order valence-corrected chi connectivity index (χ0v) is 15.1. The number of aromatic nitrogens is 1. The molecular weight excluding hydrogens is 350 g/mol. The molecule has 27 heavy (non-hydrogen) atoms. The molecule has 142 valence electrons. The number of carbonyl (C=O) groups is 3. The van der Waals surface area contributed by atoms with Crippen molar-refractivity contribution in [3.8, 4) is 0 Å². The van der Waals surface area contributed by atoms with E-state index >= 15 is 0 Å². The Morgan fingerprint density at radius 1 is 1.15 bits per heavy atom. The van der Waals surface area contributed by atoms with Crippen LogP contribution < -0.4 is 10.6 Å². The van der Waals surface area contributed by atoms with Crippen LogP contribution >= 0.6 is 0 Å². The minimum atomic E-state index is -1.06. The highest BCUT2D eigenvalue weighted by Crippen LogP contribution is 2.15. The number of nitrogens with one attached hydrogen (secondary N) is 2. The zero-order chi connectivity index (χ0) is 19.9. The fourth-order valence-electron chi connectivity index (χ4n) is 2.57. The van der Waals surface area contributed by atoms with Crippen LogP contribution in [-0.2, 0) is 9.53 Å². The molecule has 0 aliphatic rings. The van der Waals surface area contributed by atoms with Gasteiger partial charge in [0.2, 0.25) is 0 Å². The third-order valence-corrected chi connectivity index (χ3v) is 3.73. The molecule has 8 heteroatoms.